The smallest absolute Gasteiger partial charge is 0.352 e. The number of rotatable bonds is 9. The van der Waals surface area contributed by atoms with Crippen molar-refractivity contribution in [3.8, 4) is 0 Å². The third kappa shape index (κ3) is 7.17. The van der Waals surface area contributed by atoms with Crippen molar-refractivity contribution in [3.05, 3.63) is 81.8 Å². The Labute approximate surface area is 247 Å². The monoisotopic (exact) mass is 604 g/mol. The number of hydrogen-bond acceptors (Lipinski definition) is 7. The summed E-state index contributed by atoms with van der Waals surface area (Å²) in [7, 11) is 2.41. The lowest BCUT2D eigenvalue weighted by Gasteiger charge is -2.38. The minimum absolute atomic E-state index is 0.0261. The van der Waals surface area contributed by atoms with Gasteiger partial charge in [-0.3, -0.25) is 5.21 Å². The molecule has 2 aliphatic rings. The van der Waals surface area contributed by atoms with Crippen LogP contribution in [0.4, 0.5) is 22.8 Å². The number of esters is 1. The van der Waals surface area contributed by atoms with Crippen molar-refractivity contribution in [1.29, 1.82) is 0 Å². The Morgan fingerprint density at radius 3 is 2.42 bits per heavy atom. The van der Waals surface area contributed by atoms with Gasteiger partial charge in [0.25, 0.3) is 0 Å². The first-order chi connectivity index (χ1) is 20.5. The highest BCUT2D eigenvalue weighted by atomic mass is 19.2. The second-order valence-corrected chi connectivity index (χ2v) is 10.6. The Morgan fingerprint density at radius 1 is 1.07 bits per heavy atom. The molecule has 2 aromatic rings. The number of ether oxygens (including phenoxy) is 2. The maximum absolute atomic E-state index is 14.3. The lowest BCUT2D eigenvalue weighted by Crippen LogP contribution is -2.55. The number of benzene rings is 2. The van der Waals surface area contributed by atoms with Crippen molar-refractivity contribution in [1.82, 2.24) is 20.2 Å². The molecule has 1 saturated heterocycles. The SMILES string of the molecule is COCC1=C(C(=O)OC)C(c2ccc(F)c(F)c2)N(C(=O)N(O)CCCN2CCC(c3ccc(F)cc3C)CC2)C(=O)N1. The zero-order valence-electron chi connectivity index (χ0n) is 24.2. The summed E-state index contributed by atoms with van der Waals surface area (Å²) in [4.78, 5) is 42.2. The summed E-state index contributed by atoms with van der Waals surface area (Å²) in [5.41, 5.74) is 1.70. The van der Waals surface area contributed by atoms with Gasteiger partial charge in [0.2, 0.25) is 0 Å². The number of imide groups is 1. The molecule has 2 heterocycles. The normalized spacial score (nSPS) is 18.1. The van der Waals surface area contributed by atoms with Crippen molar-refractivity contribution in [2.24, 2.45) is 0 Å². The summed E-state index contributed by atoms with van der Waals surface area (Å²) in [6.45, 7) is 3.63. The first kappa shape index (κ1) is 32.0. The van der Waals surface area contributed by atoms with Gasteiger partial charge in [0.1, 0.15) is 11.9 Å². The van der Waals surface area contributed by atoms with Crippen LogP contribution in [0.1, 0.15) is 47.9 Å². The van der Waals surface area contributed by atoms with Crippen LogP contribution in [0, 0.1) is 24.4 Å². The number of aryl methyl sites for hydroxylation is 1. The van der Waals surface area contributed by atoms with E-state index >= 15 is 0 Å². The molecular formula is C30H35F3N4O6. The van der Waals surface area contributed by atoms with Gasteiger partial charge in [-0.2, -0.15) is 0 Å². The molecule has 0 saturated carbocycles. The number of hydrogen-bond donors (Lipinski definition) is 2. The molecule has 0 spiro atoms. The first-order valence-electron chi connectivity index (χ1n) is 13.9. The molecule has 4 amide bonds. The van der Waals surface area contributed by atoms with Gasteiger partial charge in [-0.15, -0.1) is 0 Å². The molecule has 2 N–H and O–H groups in total. The highest BCUT2D eigenvalue weighted by Crippen LogP contribution is 2.36. The van der Waals surface area contributed by atoms with E-state index in [1.54, 1.807) is 0 Å². The number of nitrogens with one attached hydrogen (secondary N) is 1. The number of carbonyl (C=O) groups excluding carboxylic acids is 3. The number of amides is 4. The Hall–Kier alpha value is -3.94. The summed E-state index contributed by atoms with van der Waals surface area (Å²) in [6.07, 6.45) is 2.12. The largest absolute Gasteiger partial charge is 0.466 e. The van der Waals surface area contributed by atoms with Gasteiger partial charge < -0.3 is 19.7 Å². The van der Waals surface area contributed by atoms with Crippen molar-refractivity contribution < 1.29 is 42.2 Å². The van der Waals surface area contributed by atoms with Gasteiger partial charge in [-0.05, 0) is 92.7 Å². The Bertz CT molecular complexity index is 1400. The van der Waals surface area contributed by atoms with E-state index in [0.29, 0.717) is 28.8 Å². The molecule has 0 aromatic heterocycles. The number of halogens is 3. The molecule has 1 atom stereocenters. The summed E-state index contributed by atoms with van der Waals surface area (Å²) in [5, 5.41) is 13.5. The van der Waals surface area contributed by atoms with Crippen LogP contribution in [0.2, 0.25) is 0 Å². The fraction of sp³-hybridized carbons (Fsp3) is 0.433. The number of methoxy groups -OCH3 is 2. The van der Waals surface area contributed by atoms with E-state index < -0.39 is 35.7 Å². The quantitative estimate of drug-likeness (QED) is 0.244. The summed E-state index contributed by atoms with van der Waals surface area (Å²) in [6, 6.07) is 3.84. The van der Waals surface area contributed by atoms with Gasteiger partial charge >= 0.3 is 18.0 Å². The molecular weight excluding hydrogens is 569 g/mol. The third-order valence-electron chi connectivity index (χ3n) is 7.82. The van der Waals surface area contributed by atoms with Crippen LogP contribution in [-0.4, -0.2) is 85.1 Å². The van der Waals surface area contributed by atoms with Crippen molar-refractivity contribution in [2.75, 3.05) is 47.0 Å². The van der Waals surface area contributed by atoms with Gasteiger partial charge in [0.15, 0.2) is 11.6 Å². The van der Waals surface area contributed by atoms with Gasteiger partial charge in [-0.25, -0.2) is 37.5 Å². The first-order valence-corrected chi connectivity index (χ1v) is 13.9. The molecule has 0 bridgehead atoms. The van der Waals surface area contributed by atoms with Crippen LogP contribution in [0.25, 0.3) is 0 Å². The number of carbonyl (C=O) groups is 3. The second-order valence-electron chi connectivity index (χ2n) is 10.6. The maximum Gasteiger partial charge on any atom is 0.352 e. The fourth-order valence-electron chi connectivity index (χ4n) is 5.70. The number of urea groups is 2. The average Bonchev–Trinajstić information content (AvgIpc) is 2.98. The molecule has 1 fully saturated rings. The van der Waals surface area contributed by atoms with Gasteiger partial charge in [-0.1, -0.05) is 12.1 Å². The molecule has 0 aliphatic carbocycles. The number of likely N-dealkylation sites (tertiary alicyclic amines) is 1. The molecule has 1 unspecified atom stereocenters. The molecule has 232 valence electrons. The van der Waals surface area contributed by atoms with Gasteiger partial charge in [0.05, 0.1) is 31.5 Å². The third-order valence-corrected chi connectivity index (χ3v) is 7.82. The summed E-state index contributed by atoms with van der Waals surface area (Å²) in [5.74, 6) is -3.30. The standard InChI is InChI=1S/C30H35F3N4O6/c1-18-15-21(31)6-7-22(18)19-9-13-35(14-10-19)11-4-12-36(41)30(40)37-27(20-5-8-23(32)24(33)16-20)26(28(38)43-3)25(17-42-2)34-29(37)39/h5-8,15-16,19,27,41H,4,9-14,17H2,1-3H3,(H,34,39). The Balaban J connectivity index is 1.45. The van der Waals surface area contributed by atoms with Crippen LogP contribution >= 0.6 is 0 Å². The van der Waals surface area contributed by atoms with Crippen LogP contribution in [0.5, 0.6) is 0 Å². The van der Waals surface area contributed by atoms with Crippen molar-refractivity contribution in [2.45, 2.75) is 38.1 Å². The van der Waals surface area contributed by atoms with E-state index in [0.717, 1.165) is 62.4 Å². The van der Waals surface area contributed by atoms with Crippen LogP contribution in [0.15, 0.2) is 47.7 Å². The predicted octanol–water partition coefficient (Wildman–Crippen LogP) is 4.63. The summed E-state index contributed by atoms with van der Waals surface area (Å²) >= 11 is 0. The van der Waals surface area contributed by atoms with Crippen molar-refractivity contribution >= 4 is 18.0 Å². The van der Waals surface area contributed by atoms with Crippen LogP contribution < -0.4 is 5.32 Å². The second kappa shape index (κ2) is 14.0. The molecule has 13 heteroatoms. The molecule has 2 aliphatic heterocycles. The Morgan fingerprint density at radius 2 is 1.79 bits per heavy atom. The minimum Gasteiger partial charge on any atom is -0.466 e. The maximum atomic E-state index is 14.3. The van der Waals surface area contributed by atoms with E-state index in [-0.39, 0.29) is 35.8 Å². The predicted molar refractivity (Wildman–Crippen MR) is 148 cm³/mol. The fourth-order valence-corrected chi connectivity index (χ4v) is 5.70. The van der Waals surface area contributed by atoms with Crippen LogP contribution in [0.3, 0.4) is 0 Å². The zero-order valence-corrected chi connectivity index (χ0v) is 24.2. The Kier molecular flexibility index (Phi) is 10.4. The lowest BCUT2D eigenvalue weighted by molar-refractivity contribution is -0.137. The molecule has 10 nitrogen and oxygen atoms in total. The van der Waals surface area contributed by atoms with E-state index in [1.807, 2.05) is 13.0 Å². The van der Waals surface area contributed by atoms with Crippen molar-refractivity contribution in [3.63, 3.8) is 0 Å². The lowest BCUT2D eigenvalue weighted by atomic mass is 9.87. The number of nitrogens with zero attached hydrogens (tertiary/aromatic N) is 3. The van der Waals surface area contributed by atoms with E-state index in [2.05, 4.69) is 10.2 Å². The van der Waals surface area contributed by atoms with E-state index in [4.69, 9.17) is 9.47 Å². The topological polar surface area (TPSA) is 112 Å². The molecule has 4 rings (SSSR count). The van der Waals surface area contributed by atoms with Gasteiger partial charge in [0, 0.05) is 7.11 Å². The van der Waals surface area contributed by atoms with Crippen LogP contribution in [-0.2, 0) is 14.3 Å². The van der Waals surface area contributed by atoms with E-state index in [9.17, 15) is 32.8 Å². The summed E-state index contributed by atoms with van der Waals surface area (Å²) < 4.78 is 51.5. The molecule has 0 radical (unpaired) electrons. The highest BCUT2D eigenvalue weighted by molar-refractivity contribution is 6.01. The number of piperidine rings is 1. The highest BCUT2D eigenvalue weighted by Gasteiger charge is 2.44. The van der Waals surface area contributed by atoms with E-state index in [1.165, 1.54) is 19.2 Å². The average molecular weight is 605 g/mol. The zero-order chi connectivity index (χ0) is 31.3. The minimum atomic E-state index is -1.54. The number of hydroxylamine groups is 2. The molecule has 43 heavy (non-hydrogen) atoms. The molecule has 2 aromatic carbocycles.